The van der Waals surface area contributed by atoms with Crippen molar-refractivity contribution in [3.05, 3.63) is 110 Å². The first kappa shape index (κ1) is 36.9. The van der Waals surface area contributed by atoms with Crippen molar-refractivity contribution in [1.82, 2.24) is 4.57 Å². The summed E-state index contributed by atoms with van der Waals surface area (Å²) in [7, 11) is -11.8. The molecule has 0 amide bonds. The molecule has 0 spiro atoms. The first-order valence-corrected chi connectivity index (χ1v) is 17.2. The standard InChI is InChI=1S/C25H27N2P.2CHF3O3S/c1-26-19-20-27(22-26)18-11-21-28(23-12-5-2-6-13-23,24-14-7-3-8-15-24)25-16-9-4-10-17-25;2*2-1(3,4)8(5,6)7/h2-10,12-17,19-20,22H,11,18,21H2,1H3;2*(H,5,6,7)/q+2;;/p-2. The second-order valence-electron chi connectivity index (χ2n) is 9.01. The molecular weight excluding hydrogens is 657 g/mol. The number of halogens is 6. The number of aryl methyl sites for hydroxylation is 2. The lowest BCUT2D eigenvalue weighted by molar-refractivity contribution is -0.671. The zero-order valence-electron chi connectivity index (χ0n) is 22.9. The largest absolute Gasteiger partial charge is 0.741 e. The maximum absolute atomic E-state index is 10.7. The maximum Gasteiger partial charge on any atom is 0.485 e. The van der Waals surface area contributed by atoms with Gasteiger partial charge in [-0.25, -0.2) is 26.0 Å². The lowest BCUT2D eigenvalue weighted by atomic mass is 10.3. The van der Waals surface area contributed by atoms with Crippen LogP contribution in [0.2, 0.25) is 0 Å². The third-order valence-corrected chi connectivity index (χ3v) is 11.6. The summed E-state index contributed by atoms with van der Waals surface area (Å²) in [5.74, 6) is 0. The third kappa shape index (κ3) is 10.4. The Hall–Kier alpha value is -3.30. The smallest absolute Gasteiger partial charge is 0.485 e. The molecule has 4 rings (SSSR count). The van der Waals surface area contributed by atoms with E-state index < -0.39 is 38.5 Å². The second kappa shape index (κ2) is 15.1. The normalized spacial score (nSPS) is 12.4. The number of benzene rings is 3. The van der Waals surface area contributed by atoms with Crippen LogP contribution >= 0.6 is 7.26 Å². The third-order valence-electron chi connectivity index (χ3n) is 5.89. The molecular formula is C27H27F6N2O6PS2. The molecule has 0 fully saturated rings. The fourth-order valence-corrected chi connectivity index (χ4v) is 8.33. The van der Waals surface area contributed by atoms with E-state index >= 15 is 0 Å². The summed E-state index contributed by atoms with van der Waals surface area (Å²) in [6.07, 6.45) is 8.73. The van der Waals surface area contributed by atoms with Crippen molar-refractivity contribution in [3.63, 3.8) is 0 Å². The van der Waals surface area contributed by atoms with E-state index in [9.17, 15) is 26.3 Å². The first-order valence-electron chi connectivity index (χ1n) is 12.4. The molecule has 0 aliphatic heterocycles. The molecule has 0 atom stereocenters. The van der Waals surface area contributed by atoms with Gasteiger partial charge in [-0.3, -0.25) is 0 Å². The summed E-state index contributed by atoms with van der Waals surface area (Å²) < 4.78 is 122. The Balaban J connectivity index is 0.000000349. The van der Waals surface area contributed by atoms with Gasteiger partial charge in [0.15, 0.2) is 20.2 Å². The summed E-state index contributed by atoms with van der Waals surface area (Å²) in [5, 5.41) is 4.39. The Labute approximate surface area is 251 Å². The predicted octanol–water partition coefficient (Wildman–Crippen LogP) is 3.80. The van der Waals surface area contributed by atoms with Gasteiger partial charge >= 0.3 is 11.0 Å². The molecule has 240 valence electrons. The summed E-state index contributed by atoms with van der Waals surface area (Å²) in [5.41, 5.74) is -11.3. The van der Waals surface area contributed by atoms with E-state index in [1.165, 1.54) is 15.9 Å². The molecule has 0 aliphatic carbocycles. The number of alkyl halides is 6. The number of imidazole rings is 1. The molecule has 44 heavy (non-hydrogen) atoms. The average molecular weight is 685 g/mol. The van der Waals surface area contributed by atoms with Crippen LogP contribution in [0, 0.1) is 0 Å². The van der Waals surface area contributed by atoms with Crippen LogP contribution in [0.4, 0.5) is 26.3 Å². The molecule has 1 aromatic heterocycles. The van der Waals surface area contributed by atoms with E-state index in [4.69, 9.17) is 25.9 Å². The van der Waals surface area contributed by atoms with Crippen molar-refractivity contribution in [2.45, 2.75) is 24.0 Å². The van der Waals surface area contributed by atoms with E-state index in [2.05, 4.69) is 126 Å². The van der Waals surface area contributed by atoms with Crippen molar-refractivity contribution in [2.24, 2.45) is 7.05 Å². The van der Waals surface area contributed by atoms with Gasteiger partial charge in [-0.2, -0.15) is 26.3 Å². The highest BCUT2D eigenvalue weighted by atomic mass is 32.2. The van der Waals surface area contributed by atoms with Crippen LogP contribution in [0.15, 0.2) is 110 Å². The van der Waals surface area contributed by atoms with Gasteiger partial charge in [-0.1, -0.05) is 54.6 Å². The van der Waals surface area contributed by atoms with Crippen molar-refractivity contribution < 1.29 is 56.9 Å². The minimum atomic E-state index is -6.09. The minimum Gasteiger partial charge on any atom is -0.741 e. The zero-order valence-corrected chi connectivity index (χ0v) is 25.4. The van der Waals surface area contributed by atoms with Crippen molar-refractivity contribution in [1.29, 1.82) is 0 Å². The van der Waals surface area contributed by atoms with Gasteiger partial charge < -0.3 is 9.11 Å². The fraction of sp³-hybridized carbons (Fsp3) is 0.222. The molecule has 0 bridgehead atoms. The number of nitrogens with zero attached hydrogens (tertiary/aromatic N) is 2. The summed E-state index contributed by atoms with van der Waals surface area (Å²) in [4.78, 5) is 0. The summed E-state index contributed by atoms with van der Waals surface area (Å²) in [6, 6.07) is 33.4. The van der Waals surface area contributed by atoms with Gasteiger partial charge in [-0.05, 0) is 36.4 Å². The van der Waals surface area contributed by atoms with Crippen LogP contribution in [0.1, 0.15) is 6.42 Å². The lowest BCUT2D eigenvalue weighted by Gasteiger charge is -2.27. The van der Waals surface area contributed by atoms with E-state index in [-0.39, 0.29) is 0 Å². The van der Waals surface area contributed by atoms with Crippen LogP contribution in [0.5, 0.6) is 0 Å². The lowest BCUT2D eigenvalue weighted by Crippen LogP contribution is -2.33. The highest BCUT2D eigenvalue weighted by molar-refractivity contribution is 7.95. The number of hydrogen-bond acceptors (Lipinski definition) is 6. The fourth-order valence-electron chi connectivity index (χ4n) is 4.01. The Kier molecular flexibility index (Phi) is 12.7. The van der Waals surface area contributed by atoms with Crippen LogP contribution in [0.25, 0.3) is 0 Å². The van der Waals surface area contributed by atoms with Gasteiger partial charge in [0.25, 0.3) is 0 Å². The van der Waals surface area contributed by atoms with Gasteiger partial charge in [0, 0.05) is 6.42 Å². The monoisotopic (exact) mass is 684 g/mol. The molecule has 17 heteroatoms. The molecule has 0 aliphatic rings. The van der Waals surface area contributed by atoms with E-state index in [0.717, 1.165) is 19.1 Å². The molecule has 0 saturated carbocycles. The molecule has 3 aromatic carbocycles. The van der Waals surface area contributed by atoms with Crippen molar-refractivity contribution in [2.75, 3.05) is 6.16 Å². The van der Waals surface area contributed by atoms with Gasteiger partial charge in [0.1, 0.15) is 35.6 Å². The Morgan fingerprint density at radius 2 is 1.00 bits per heavy atom. The van der Waals surface area contributed by atoms with Gasteiger partial charge in [0.05, 0.1) is 19.8 Å². The van der Waals surface area contributed by atoms with Gasteiger partial charge in [0.2, 0.25) is 6.33 Å². The molecule has 0 unspecified atom stereocenters. The van der Waals surface area contributed by atoms with Crippen LogP contribution in [0.3, 0.4) is 0 Å². The number of rotatable bonds is 7. The van der Waals surface area contributed by atoms with Crippen LogP contribution < -0.4 is 20.5 Å². The highest BCUT2D eigenvalue weighted by Gasteiger charge is 2.44. The Bertz CT molecular complexity index is 1530. The Morgan fingerprint density at radius 3 is 1.25 bits per heavy atom. The van der Waals surface area contributed by atoms with E-state index in [1.54, 1.807) is 0 Å². The molecule has 0 radical (unpaired) electrons. The second-order valence-corrected chi connectivity index (χ2v) is 15.4. The quantitative estimate of drug-likeness (QED) is 0.0960. The maximum atomic E-state index is 10.7. The van der Waals surface area contributed by atoms with Crippen LogP contribution in [-0.4, -0.2) is 47.7 Å². The Morgan fingerprint density at radius 1 is 0.682 bits per heavy atom. The molecule has 8 nitrogen and oxygen atoms in total. The SMILES string of the molecule is C[n+]1ccn(CCC[P+](c2ccccc2)(c2ccccc2)c2ccccc2)c1.O=S(=O)([O-])C(F)(F)F.O=S(=O)([O-])C(F)(F)F. The topological polar surface area (TPSA) is 123 Å². The van der Waals surface area contributed by atoms with Crippen molar-refractivity contribution in [3.8, 4) is 0 Å². The summed E-state index contributed by atoms with van der Waals surface area (Å²) >= 11 is 0. The highest BCUT2D eigenvalue weighted by Crippen LogP contribution is 2.55. The predicted molar refractivity (Wildman–Crippen MR) is 152 cm³/mol. The van der Waals surface area contributed by atoms with Crippen molar-refractivity contribution >= 4 is 43.4 Å². The van der Waals surface area contributed by atoms with E-state index in [0.29, 0.717) is 0 Å². The first-order chi connectivity index (χ1) is 20.3. The number of aromatic nitrogens is 2. The van der Waals surface area contributed by atoms with Crippen LogP contribution in [-0.2, 0) is 33.8 Å². The van der Waals surface area contributed by atoms with E-state index in [1.807, 2.05) is 0 Å². The molecule has 4 aromatic rings. The minimum absolute atomic E-state index is 1.04. The molecule has 1 heterocycles. The molecule has 0 saturated heterocycles. The molecule has 0 N–H and O–H groups in total. The zero-order chi connectivity index (χ0) is 33.2. The van der Waals surface area contributed by atoms with Gasteiger partial charge in [-0.15, -0.1) is 0 Å². The number of hydrogen-bond donors (Lipinski definition) is 0. The summed E-state index contributed by atoms with van der Waals surface area (Å²) in [6.45, 7) is 1.04. The average Bonchev–Trinajstić information content (AvgIpc) is 3.36.